The highest BCUT2D eigenvalue weighted by Gasteiger charge is 2.16. The van der Waals surface area contributed by atoms with Crippen molar-refractivity contribution in [3.8, 4) is 34.3 Å². The molecule has 2 aromatic carbocycles. The fourth-order valence-electron chi connectivity index (χ4n) is 3.85. The van der Waals surface area contributed by atoms with Gasteiger partial charge in [-0.15, -0.1) is 0 Å². The predicted molar refractivity (Wildman–Crippen MR) is 122 cm³/mol. The fourth-order valence-corrected chi connectivity index (χ4v) is 3.85. The molecule has 0 unspecified atom stereocenters. The van der Waals surface area contributed by atoms with Crippen LogP contribution in [0.5, 0.6) is 23.0 Å². The van der Waals surface area contributed by atoms with E-state index in [2.05, 4.69) is 10.3 Å². The first-order valence-corrected chi connectivity index (χ1v) is 10.3. The molecule has 32 heavy (non-hydrogen) atoms. The summed E-state index contributed by atoms with van der Waals surface area (Å²) >= 11 is 0. The zero-order valence-corrected chi connectivity index (χ0v) is 18.2. The number of ether oxygens (including phenoxy) is 4. The number of hydrogen-bond donors (Lipinski definition) is 1. The Hall–Kier alpha value is -3.94. The Bertz CT molecular complexity index is 1280. The molecule has 0 fully saturated rings. The summed E-state index contributed by atoms with van der Waals surface area (Å²) in [7, 11) is 5.33. The van der Waals surface area contributed by atoms with Crippen LogP contribution in [0.15, 0.2) is 48.7 Å². The molecule has 1 N–H and O–H groups in total. The van der Waals surface area contributed by atoms with Crippen LogP contribution >= 0.6 is 0 Å². The molecule has 8 nitrogen and oxygen atoms in total. The number of aromatic nitrogens is 3. The van der Waals surface area contributed by atoms with E-state index in [1.165, 1.54) is 0 Å². The average molecular weight is 432 g/mol. The molecule has 2 aromatic heterocycles. The summed E-state index contributed by atoms with van der Waals surface area (Å²) in [6.45, 7) is 0.951. The van der Waals surface area contributed by atoms with E-state index < -0.39 is 0 Å². The summed E-state index contributed by atoms with van der Waals surface area (Å²) in [6, 6.07) is 13.7. The van der Waals surface area contributed by atoms with E-state index >= 15 is 0 Å². The quantitative estimate of drug-likeness (QED) is 0.472. The Labute approximate surface area is 185 Å². The Morgan fingerprint density at radius 3 is 2.75 bits per heavy atom. The first-order valence-electron chi connectivity index (χ1n) is 10.3. The Morgan fingerprint density at radius 1 is 1.03 bits per heavy atom. The van der Waals surface area contributed by atoms with E-state index in [4.69, 9.17) is 23.9 Å². The van der Waals surface area contributed by atoms with Crippen molar-refractivity contribution in [1.29, 1.82) is 0 Å². The molecule has 1 aliphatic heterocycles. The van der Waals surface area contributed by atoms with Gasteiger partial charge in [0, 0.05) is 19.2 Å². The van der Waals surface area contributed by atoms with Gasteiger partial charge in [-0.2, -0.15) is 0 Å². The number of nitrogens with one attached hydrogen (secondary N) is 1. The molecule has 5 rings (SSSR count). The highest BCUT2D eigenvalue weighted by molar-refractivity contribution is 5.82. The molecular formula is C24H24N4O4. The van der Waals surface area contributed by atoms with Gasteiger partial charge in [-0.05, 0) is 54.4 Å². The molecule has 0 radical (unpaired) electrons. The van der Waals surface area contributed by atoms with Crippen LogP contribution in [0.2, 0.25) is 0 Å². The van der Waals surface area contributed by atoms with Gasteiger partial charge in [0.05, 0.1) is 31.6 Å². The second-order valence-corrected chi connectivity index (χ2v) is 7.48. The number of rotatable bonds is 7. The van der Waals surface area contributed by atoms with Crippen LogP contribution in [-0.4, -0.2) is 42.1 Å². The lowest BCUT2D eigenvalue weighted by Gasteiger charge is -2.11. The third-order valence-corrected chi connectivity index (χ3v) is 5.60. The first kappa shape index (κ1) is 20.0. The Kier molecular flexibility index (Phi) is 5.18. The van der Waals surface area contributed by atoms with Gasteiger partial charge in [-0.3, -0.25) is 4.98 Å². The maximum atomic E-state index is 5.49. The number of hydrogen-bond acceptors (Lipinski definition) is 7. The molecule has 8 heteroatoms. The fraction of sp³-hybridized carbons (Fsp3) is 0.250. The number of fused-ring (bicyclic) bond motifs is 2. The number of methoxy groups -OCH3 is 2. The SMILES string of the molecule is COc1ccc(OC)c(CCNc2nc3cnc(-c4ccc5c(c4)OCO5)cc3n2C)c1. The molecule has 0 spiro atoms. The van der Waals surface area contributed by atoms with Crippen molar-refractivity contribution in [2.45, 2.75) is 6.42 Å². The molecule has 0 saturated heterocycles. The van der Waals surface area contributed by atoms with Gasteiger partial charge in [0.1, 0.15) is 17.0 Å². The minimum Gasteiger partial charge on any atom is -0.497 e. The number of benzene rings is 2. The number of pyridine rings is 1. The van der Waals surface area contributed by atoms with E-state index in [0.717, 1.165) is 63.2 Å². The summed E-state index contributed by atoms with van der Waals surface area (Å²) in [6.07, 6.45) is 2.57. The Balaban J connectivity index is 1.35. The van der Waals surface area contributed by atoms with Gasteiger partial charge in [0.15, 0.2) is 11.5 Å². The molecule has 0 atom stereocenters. The summed E-state index contributed by atoms with van der Waals surface area (Å²) in [5, 5.41) is 3.42. The molecule has 0 saturated carbocycles. The number of imidazole rings is 1. The van der Waals surface area contributed by atoms with Crippen molar-refractivity contribution in [2.75, 3.05) is 32.9 Å². The van der Waals surface area contributed by atoms with Crippen LogP contribution in [0.25, 0.3) is 22.3 Å². The second kappa shape index (κ2) is 8.30. The minimum absolute atomic E-state index is 0.254. The molecular weight excluding hydrogens is 408 g/mol. The molecule has 3 heterocycles. The molecule has 164 valence electrons. The zero-order chi connectivity index (χ0) is 22.1. The average Bonchev–Trinajstić information content (AvgIpc) is 3.42. The molecule has 1 aliphatic rings. The van der Waals surface area contributed by atoms with Gasteiger partial charge in [0.2, 0.25) is 12.7 Å². The van der Waals surface area contributed by atoms with E-state index in [9.17, 15) is 0 Å². The minimum atomic E-state index is 0.254. The molecule has 4 aromatic rings. The lowest BCUT2D eigenvalue weighted by atomic mass is 10.1. The number of anilines is 1. The first-order chi connectivity index (χ1) is 15.7. The number of nitrogens with zero attached hydrogens (tertiary/aromatic N) is 3. The standard InChI is InChI=1S/C24H24N4O4/c1-28-20-12-18(15-4-6-22-23(11-15)32-14-31-22)26-13-19(20)27-24(28)25-9-8-16-10-17(29-2)5-7-21(16)30-3/h4-7,10-13H,8-9,14H2,1-3H3,(H,25,27). The highest BCUT2D eigenvalue weighted by atomic mass is 16.7. The summed E-state index contributed by atoms with van der Waals surface area (Å²) in [4.78, 5) is 9.30. The second-order valence-electron chi connectivity index (χ2n) is 7.48. The van der Waals surface area contributed by atoms with Gasteiger partial charge >= 0.3 is 0 Å². The zero-order valence-electron chi connectivity index (χ0n) is 18.2. The summed E-state index contributed by atoms with van der Waals surface area (Å²) < 4.78 is 23.7. The van der Waals surface area contributed by atoms with Gasteiger partial charge < -0.3 is 28.8 Å². The summed E-state index contributed by atoms with van der Waals surface area (Å²) in [5.41, 5.74) is 4.72. The smallest absolute Gasteiger partial charge is 0.231 e. The van der Waals surface area contributed by atoms with Crippen LogP contribution in [0, 0.1) is 0 Å². The van der Waals surface area contributed by atoms with Crippen molar-refractivity contribution < 1.29 is 18.9 Å². The molecule has 0 bridgehead atoms. The molecule has 0 aliphatic carbocycles. The van der Waals surface area contributed by atoms with Crippen molar-refractivity contribution >= 4 is 17.0 Å². The van der Waals surface area contributed by atoms with Crippen molar-refractivity contribution in [3.63, 3.8) is 0 Å². The topological polar surface area (TPSA) is 79.7 Å². The van der Waals surface area contributed by atoms with Crippen molar-refractivity contribution in [1.82, 2.24) is 14.5 Å². The number of aryl methyl sites for hydroxylation is 1. The highest BCUT2D eigenvalue weighted by Crippen LogP contribution is 2.36. The third kappa shape index (κ3) is 3.64. The maximum Gasteiger partial charge on any atom is 0.231 e. The predicted octanol–water partition coefficient (Wildman–Crippen LogP) is 4.04. The third-order valence-electron chi connectivity index (χ3n) is 5.60. The Morgan fingerprint density at radius 2 is 1.91 bits per heavy atom. The van der Waals surface area contributed by atoms with Crippen LogP contribution in [0.4, 0.5) is 5.95 Å². The monoisotopic (exact) mass is 432 g/mol. The van der Waals surface area contributed by atoms with E-state index in [1.807, 2.05) is 54.1 Å². The lowest BCUT2D eigenvalue weighted by Crippen LogP contribution is -2.09. The maximum absolute atomic E-state index is 5.49. The lowest BCUT2D eigenvalue weighted by molar-refractivity contribution is 0.174. The van der Waals surface area contributed by atoms with Gasteiger partial charge in [-0.1, -0.05) is 0 Å². The van der Waals surface area contributed by atoms with Crippen LogP contribution in [-0.2, 0) is 13.5 Å². The molecule has 0 amide bonds. The van der Waals surface area contributed by atoms with Gasteiger partial charge in [-0.25, -0.2) is 4.98 Å². The van der Waals surface area contributed by atoms with E-state index in [1.54, 1.807) is 20.4 Å². The van der Waals surface area contributed by atoms with Gasteiger partial charge in [0.25, 0.3) is 0 Å². The summed E-state index contributed by atoms with van der Waals surface area (Å²) in [5.74, 6) is 3.94. The van der Waals surface area contributed by atoms with Crippen LogP contribution in [0.3, 0.4) is 0 Å². The van der Waals surface area contributed by atoms with Crippen LogP contribution in [0.1, 0.15) is 5.56 Å². The normalized spacial score (nSPS) is 12.2. The van der Waals surface area contributed by atoms with E-state index in [0.29, 0.717) is 6.54 Å². The van der Waals surface area contributed by atoms with Crippen molar-refractivity contribution in [3.05, 3.63) is 54.2 Å². The largest absolute Gasteiger partial charge is 0.497 e. The van der Waals surface area contributed by atoms with Crippen LogP contribution < -0.4 is 24.3 Å². The van der Waals surface area contributed by atoms with E-state index in [-0.39, 0.29) is 6.79 Å². The van der Waals surface area contributed by atoms with Crippen molar-refractivity contribution in [2.24, 2.45) is 7.05 Å².